The zero-order valence-electron chi connectivity index (χ0n) is 14.7. The van der Waals surface area contributed by atoms with Gasteiger partial charge in [0.25, 0.3) is 5.56 Å². The van der Waals surface area contributed by atoms with Gasteiger partial charge in [0.05, 0.1) is 23.2 Å². The standard InChI is InChI=1S/C17H18N8OS/c1-9(6-18)12(19)8-25-17(26)14-11(7-21-25)15-16(24(14)2)22-13(27-15)5-10-3-4-20-23-10/h3-4,7,19H,1,5-6,8,18H2,2H3,(H,20,23). The first-order valence-corrected chi connectivity index (χ1v) is 9.09. The van der Waals surface area contributed by atoms with E-state index in [2.05, 4.69) is 26.9 Å². The average molecular weight is 382 g/mol. The predicted octanol–water partition coefficient (Wildman–Crippen LogP) is 1.19. The number of hydrogen-bond donors (Lipinski definition) is 3. The molecule has 4 rings (SSSR count). The summed E-state index contributed by atoms with van der Waals surface area (Å²) >= 11 is 1.54. The molecule has 10 heteroatoms. The van der Waals surface area contributed by atoms with Crippen LogP contribution in [0, 0.1) is 5.41 Å². The molecule has 0 aliphatic rings. The van der Waals surface area contributed by atoms with Crippen LogP contribution in [0.25, 0.3) is 21.3 Å². The number of nitrogens with one attached hydrogen (secondary N) is 2. The zero-order valence-corrected chi connectivity index (χ0v) is 15.5. The van der Waals surface area contributed by atoms with Crippen molar-refractivity contribution in [3.63, 3.8) is 0 Å². The monoisotopic (exact) mass is 382 g/mol. The molecule has 9 nitrogen and oxygen atoms in total. The van der Waals surface area contributed by atoms with Crippen molar-refractivity contribution in [2.75, 3.05) is 6.54 Å². The summed E-state index contributed by atoms with van der Waals surface area (Å²) in [6, 6.07) is 1.91. The molecule has 0 bridgehead atoms. The Balaban J connectivity index is 1.77. The van der Waals surface area contributed by atoms with E-state index in [1.807, 2.05) is 13.1 Å². The molecule has 0 aliphatic heterocycles. The van der Waals surface area contributed by atoms with E-state index in [1.165, 1.54) is 4.68 Å². The Morgan fingerprint density at radius 1 is 1.48 bits per heavy atom. The van der Waals surface area contributed by atoms with E-state index < -0.39 is 0 Å². The lowest BCUT2D eigenvalue weighted by molar-refractivity contribution is 0.673. The third kappa shape index (κ3) is 2.88. The molecule has 4 aromatic rings. The average Bonchev–Trinajstić information content (AvgIpc) is 3.36. The summed E-state index contributed by atoms with van der Waals surface area (Å²) in [4.78, 5) is 17.6. The van der Waals surface area contributed by atoms with Gasteiger partial charge in [0.15, 0.2) is 5.65 Å². The highest BCUT2D eigenvalue weighted by atomic mass is 32.1. The first kappa shape index (κ1) is 17.3. The van der Waals surface area contributed by atoms with Crippen LogP contribution in [0.1, 0.15) is 10.7 Å². The fraction of sp³-hybridized carbons (Fsp3) is 0.235. The third-order valence-electron chi connectivity index (χ3n) is 4.45. The topological polar surface area (TPSA) is 131 Å². The summed E-state index contributed by atoms with van der Waals surface area (Å²) in [6.45, 7) is 3.96. The number of hydrogen-bond acceptors (Lipinski definition) is 7. The Bertz CT molecular complexity index is 1230. The van der Waals surface area contributed by atoms with Crippen LogP contribution in [-0.2, 0) is 20.0 Å². The van der Waals surface area contributed by atoms with Crippen molar-refractivity contribution in [3.8, 4) is 0 Å². The number of H-pyrrole nitrogens is 1. The van der Waals surface area contributed by atoms with Gasteiger partial charge in [-0.25, -0.2) is 9.67 Å². The second-order valence-electron chi connectivity index (χ2n) is 6.23. The van der Waals surface area contributed by atoms with Gasteiger partial charge < -0.3 is 15.7 Å². The molecule has 0 radical (unpaired) electrons. The highest BCUT2D eigenvalue weighted by Gasteiger charge is 2.19. The molecule has 0 spiro atoms. The molecule has 0 aliphatic carbocycles. The maximum absolute atomic E-state index is 12.9. The lowest BCUT2D eigenvalue weighted by Crippen LogP contribution is -2.28. The smallest absolute Gasteiger partial charge is 0.291 e. The largest absolute Gasteiger partial charge is 0.326 e. The molecule has 4 aromatic heterocycles. The lowest BCUT2D eigenvalue weighted by Gasteiger charge is -2.08. The molecular formula is C17H18N8OS. The van der Waals surface area contributed by atoms with Gasteiger partial charge in [-0.1, -0.05) is 6.58 Å². The highest BCUT2D eigenvalue weighted by molar-refractivity contribution is 7.19. The van der Waals surface area contributed by atoms with Gasteiger partial charge in [-0.3, -0.25) is 9.89 Å². The molecule has 0 saturated carbocycles. The second kappa shape index (κ2) is 6.56. The number of aromatic amines is 1. The van der Waals surface area contributed by atoms with Crippen LogP contribution in [0.15, 0.2) is 35.4 Å². The highest BCUT2D eigenvalue weighted by Crippen LogP contribution is 2.31. The summed E-state index contributed by atoms with van der Waals surface area (Å²) in [6.07, 6.45) is 4.03. The molecule has 0 fully saturated rings. The number of aromatic nitrogens is 6. The van der Waals surface area contributed by atoms with Gasteiger partial charge in [0, 0.05) is 37.3 Å². The van der Waals surface area contributed by atoms with E-state index in [4.69, 9.17) is 11.1 Å². The van der Waals surface area contributed by atoms with Crippen LogP contribution < -0.4 is 11.3 Å². The van der Waals surface area contributed by atoms with Gasteiger partial charge in [0.1, 0.15) is 10.5 Å². The van der Waals surface area contributed by atoms with Crippen molar-refractivity contribution >= 4 is 38.3 Å². The molecule has 0 atom stereocenters. The molecule has 4 N–H and O–H groups in total. The van der Waals surface area contributed by atoms with Crippen molar-refractivity contribution in [1.29, 1.82) is 5.41 Å². The van der Waals surface area contributed by atoms with Crippen LogP contribution in [-0.4, -0.2) is 41.8 Å². The molecular weight excluding hydrogens is 364 g/mol. The van der Waals surface area contributed by atoms with Crippen molar-refractivity contribution in [2.24, 2.45) is 12.8 Å². The number of nitrogens with zero attached hydrogens (tertiary/aromatic N) is 5. The van der Waals surface area contributed by atoms with Crippen molar-refractivity contribution in [3.05, 3.63) is 51.7 Å². The predicted molar refractivity (Wildman–Crippen MR) is 105 cm³/mol. The molecule has 0 amide bonds. The molecule has 138 valence electrons. The van der Waals surface area contributed by atoms with Gasteiger partial charge in [0.2, 0.25) is 0 Å². The van der Waals surface area contributed by atoms with Crippen LogP contribution in [0.2, 0.25) is 0 Å². The third-order valence-corrected chi connectivity index (χ3v) is 5.53. The van der Waals surface area contributed by atoms with E-state index in [0.717, 1.165) is 26.4 Å². The Labute approximate surface area is 157 Å². The summed E-state index contributed by atoms with van der Waals surface area (Å²) in [5.41, 5.74) is 8.20. The minimum Gasteiger partial charge on any atom is -0.326 e. The van der Waals surface area contributed by atoms with Gasteiger partial charge in [-0.05, 0) is 11.6 Å². The summed E-state index contributed by atoms with van der Waals surface area (Å²) < 4.78 is 3.99. The van der Waals surface area contributed by atoms with Gasteiger partial charge in [-0.2, -0.15) is 10.2 Å². The molecule has 0 saturated heterocycles. The molecule has 27 heavy (non-hydrogen) atoms. The first-order chi connectivity index (χ1) is 13.0. The maximum Gasteiger partial charge on any atom is 0.291 e. The second-order valence-corrected chi connectivity index (χ2v) is 7.32. The lowest BCUT2D eigenvalue weighted by atomic mass is 10.2. The van der Waals surface area contributed by atoms with Crippen LogP contribution in [0.5, 0.6) is 0 Å². The zero-order chi connectivity index (χ0) is 19.1. The van der Waals surface area contributed by atoms with Crippen molar-refractivity contribution in [2.45, 2.75) is 13.0 Å². The normalized spacial score (nSPS) is 11.5. The molecule has 0 aromatic carbocycles. The van der Waals surface area contributed by atoms with Crippen molar-refractivity contribution < 1.29 is 0 Å². The Morgan fingerprint density at radius 2 is 2.30 bits per heavy atom. The minimum absolute atomic E-state index is 0.0438. The first-order valence-electron chi connectivity index (χ1n) is 8.27. The number of thiazole rings is 1. The fourth-order valence-electron chi connectivity index (χ4n) is 2.95. The van der Waals surface area contributed by atoms with E-state index in [1.54, 1.807) is 28.3 Å². The summed E-state index contributed by atoms with van der Waals surface area (Å²) in [7, 11) is 1.82. The Morgan fingerprint density at radius 3 is 3.00 bits per heavy atom. The van der Waals surface area contributed by atoms with Crippen LogP contribution >= 0.6 is 11.3 Å². The molecule has 4 heterocycles. The van der Waals surface area contributed by atoms with Crippen molar-refractivity contribution in [1.82, 2.24) is 29.5 Å². The van der Waals surface area contributed by atoms with E-state index in [9.17, 15) is 4.79 Å². The van der Waals surface area contributed by atoms with E-state index >= 15 is 0 Å². The number of nitrogens with two attached hydrogens (primary N) is 1. The SMILES string of the molecule is C=C(CN)C(=N)Cn1ncc2c3sc(Cc4ccn[nH]4)nc3n(C)c2c1=O. The Hall–Kier alpha value is -3.11. The molecule has 0 unspecified atom stereocenters. The summed E-state index contributed by atoms with van der Waals surface area (Å²) in [5.74, 6) is 0. The number of aryl methyl sites for hydroxylation is 1. The van der Waals surface area contributed by atoms with E-state index in [-0.39, 0.29) is 24.4 Å². The summed E-state index contributed by atoms with van der Waals surface area (Å²) in [5, 5.41) is 20.8. The van der Waals surface area contributed by atoms with Gasteiger partial charge in [-0.15, -0.1) is 11.3 Å². The fourth-order valence-corrected chi connectivity index (χ4v) is 4.08. The Kier molecular flexibility index (Phi) is 4.21. The maximum atomic E-state index is 12.9. The quantitative estimate of drug-likeness (QED) is 0.431. The minimum atomic E-state index is -0.259. The van der Waals surface area contributed by atoms with Crippen LogP contribution in [0.3, 0.4) is 0 Å². The van der Waals surface area contributed by atoms with Crippen LogP contribution in [0.4, 0.5) is 0 Å². The van der Waals surface area contributed by atoms with E-state index in [0.29, 0.717) is 17.5 Å². The van der Waals surface area contributed by atoms with Gasteiger partial charge >= 0.3 is 0 Å². The number of fused-ring (bicyclic) bond motifs is 3. The number of rotatable bonds is 6.